The quantitative estimate of drug-likeness (QED) is 0.0473. The molecule has 1 rings (SSSR count). The number of aryl methyl sites for hydroxylation is 1. The fourth-order valence-electron chi connectivity index (χ4n) is 7.76. The van der Waals surface area contributed by atoms with E-state index in [4.69, 9.17) is 28.4 Å². The summed E-state index contributed by atoms with van der Waals surface area (Å²) in [6, 6.07) is 0. The lowest BCUT2D eigenvalue weighted by Crippen LogP contribution is -2.12. The van der Waals surface area contributed by atoms with Crippen LogP contribution in [0.5, 0.6) is 0 Å². The molecule has 0 saturated carbocycles. The average Bonchev–Trinajstić information content (AvgIpc) is 3.66. The minimum absolute atomic E-state index is 0. The minimum Gasteiger partial charge on any atom is -0.381 e. The molecule has 0 spiro atoms. The smallest absolute Gasteiger partial charge is 0.0830 e. The SMILES string of the molecule is C.C.C=C(CCC(C)(C)C)C(C)(C)C.C=C(CCCCOCCCC(=C)C(C)(C)C)CCCOCCC(C)(C)C.C=C(CCCOCCC(C)(C)C)CCc1cn(CCOCCCC(=C)C(C)(C)C)nn1.C=C(CCCOCCOCCC(C)(C)C)C(C)(C)C. The number of hydrogen-bond donors (Lipinski definition) is 0. The van der Waals surface area contributed by atoms with Crippen LogP contribution in [0.1, 0.15) is 309 Å². The fourth-order valence-corrected chi connectivity index (χ4v) is 7.76. The van der Waals surface area contributed by atoms with Crippen molar-refractivity contribution in [3.8, 4) is 0 Å². The van der Waals surface area contributed by atoms with E-state index in [1.807, 2.05) is 10.9 Å². The zero-order valence-corrected chi connectivity index (χ0v) is 63.4. The average molecular weight is 1270 g/mol. The molecule has 9 nitrogen and oxygen atoms in total. The summed E-state index contributed by atoms with van der Waals surface area (Å²) in [6.45, 7) is 88.9. The molecule has 1 aromatic heterocycles. The van der Waals surface area contributed by atoms with Gasteiger partial charge in [-0.2, -0.15) is 0 Å². The van der Waals surface area contributed by atoms with Crippen LogP contribution in [0.2, 0.25) is 0 Å². The summed E-state index contributed by atoms with van der Waals surface area (Å²) >= 11 is 0. The van der Waals surface area contributed by atoms with E-state index < -0.39 is 0 Å². The molecule has 0 atom stereocenters. The molecule has 0 saturated heterocycles. The van der Waals surface area contributed by atoms with E-state index in [9.17, 15) is 0 Å². The molecular weight excluding hydrogens is 1110 g/mol. The van der Waals surface area contributed by atoms with Crippen molar-refractivity contribution < 1.29 is 28.4 Å². The van der Waals surface area contributed by atoms with Crippen LogP contribution in [0.15, 0.2) is 79.1 Å². The van der Waals surface area contributed by atoms with Gasteiger partial charge in [-0.05, 0) is 172 Å². The Balaban J connectivity index is -0.000000371. The van der Waals surface area contributed by atoms with Crippen molar-refractivity contribution in [2.75, 3.05) is 79.3 Å². The fraction of sp³-hybridized carbons (Fsp3) is 0.827. The third-order valence-corrected chi connectivity index (χ3v) is 15.6. The first-order valence-electron chi connectivity index (χ1n) is 34.7. The van der Waals surface area contributed by atoms with Gasteiger partial charge in [-0.25, -0.2) is 4.68 Å². The van der Waals surface area contributed by atoms with Crippen LogP contribution >= 0.6 is 0 Å². The van der Waals surface area contributed by atoms with Crippen LogP contribution in [0, 0.1) is 43.3 Å². The summed E-state index contributed by atoms with van der Waals surface area (Å²) in [6.07, 6.45) is 23.5. The third kappa shape index (κ3) is 68.2. The van der Waals surface area contributed by atoms with Gasteiger partial charge in [-0.15, -0.1) is 5.10 Å². The molecule has 1 aromatic rings. The Bertz CT molecular complexity index is 1970. The van der Waals surface area contributed by atoms with Crippen LogP contribution in [-0.2, 0) is 41.4 Å². The van der Waals surface area contributed by atoms with Gasteiger partial charge in [0.15, 0.2) is 0 Å². The molecule has 534 valence electrons. The first-order valence-corrected chi connectivity index (χ1v) is 34.7. The summed E-state index contributed by atoms with van der Waals surface area (Å²) in [5.74, 6) is 0. The van der Waals surface area contributed by atoms with E-state index in [1.54, 1.807) is 0 Å². The Morgan fingerprint density at radius 1 is 0.322 bits per heavy atom. The molecule has 0 fully saturated rings. The van der Waals surface area contributed by atoms with Gasteiger partial charge in [0.1, 0.15) is 0 Å². The second-order valence-corrected chi connectivity index (χ2v) is 34.0. The number of allylic oxidation sites excluding steroid dienone is 6. The van der Waals surface area contributed by atoms with Crippen molar-refractivity contribution in [3.05, 3.63) is 84.8 Å². The zero-order chi connectivity index (χ0) is 68.3. The predicted molar refractivity (Wildman–Crippen MR) is 400 cm³/mol. The van der Waals surface area contributed by atoms with Gasteiger partial charge in [0, 0.05) is 65.7 Å². The second kappa shape index (κ2) is 50.7. The molecule has 0 bridgehead atoms. The lowest BCUT2D eigenvalue weighted by atomic mass is 9.80. The van der Waals surface area contributed by atoms with Crippen molar-refractivity contribution in [2.24, 2.45) is 43.3 Å². The van der Waals surface area contributed by atoms with E-state index in [0.717, 1.165) is 187 Å². The highest BCUT2D eigenvalue weighted by Crippen LogP contribution is 2.32. The van der Waals surface area contributed by atoms with Crippen LogP contribution in [0.4, 0.5) is 0 Å². The standard InChI is InChI=1S/C26H47N3O2.C24H46O2.C17H34O2.C12H24.2CH4/c1-22(11-9-17-30-19-15-25(3,4)5)13-14-24-21-29(28-27-24)16-20-31-18-10-12-23(2)26(6,7)8;1-21(14-11-18-26-20-16-23(3,4)5)13-9-10-17-25-19-12-15-22(2)24(6,7)8;1-15(17(5,6)7)9-8-11-18-13-14-19-12-10-16(2,3)4;1-10(12(5,6)7)8-9-11(2,3)4;;/h21H,1-2,9-20H2,3-8H3;1-2,9-20H2,3-8H3;1,8-14H2,2-7H3;1,8-9H2,2-7H3;2*1H4. The summed E-state index contributed by atoms with van der Waals surface area (Å²) < 4.78 is 35.9. The van der Waals surface area contributed by atoms with Crippen LogP contribution in [0.3, 0.4) is 0 Å². The maximum absolute atomic E-state index is 5.74. The molecule has 0 aromatic carbocycles. The van der Waals surface area contributed by atoms with Gasteiger partial charge in [0.2, 0.25) is 0 Å². The third-order valence-electron chi connectivity index (χ3n) is 15.6. The molecule has 0 aliphatic rings. The summed E-state index contributed by atoms with van der Waals surface area (Å²) in [4.78, 5) is 0. The zero-order valence-electron chi connectivity index (χ0n) is 63.4. The molecule has 9 heteroatoms. The van der Waals surface area contributed by atoms with Gasteiger partial charge in [-0.1, -0.05) is 259 Å². The molecule has 0 radical (unpaired) electrons. The highest BCUT2D eigenvalue weighted by Gasteiger charge is 2.19. The van der Waals surface area contributed by atoms with E-state index >= 15 is 0 Å². The maximum Gasteiger partial charge on any atom is 0.0830 e. The number of ether oxygens (including phenoxy) is 6. The van der Waals surface area contributed by atoms with Crippen LogP contribution in [-0.4, -0.2) is 94.3 Å². The Morgan fingerprint density at radius 2 is 0.600 bits per heavy atom. The monoisotopic (exact) mass is 1270 g/mol. The Hall–Kier alpha value is -2.66. The van der Waals surface area contributed by atoms with Crippen molar-refractivity contribution in [2.45, 2.75) is 316 Å². The molecule has 90 heavy (non-hydrogen) atoms. The first-order chi connectivity index (χ1) is 40.2. The normalized spacial score (nSPS) is 12.3. The number of nitrogens with zero attached hydrogens (tertiary/aromatic N) is 3. The van der Waals surface area contributed by atoms with E-state index in [2.05, 4.69) is 216 Å². The van der Waals surface area contributed by atoms with Crippen LogP contribution in [0.25, 0.3) is 0 Å². The largest absolute Gasteiger partial charge is 0.381 e. The van der Waals surface area contributed by atoms with Crippen molar-refractivity contribution >= 4 is 0 Å². The number of aromatic nitrogens is 3. The molecule has 0 amide bonds. The Morgan fingerprint density at radius 3 is 0.956 bits per heavy atom. The minimum atomic E-state index is 0. The highest BCUT2D eigenvalue weighted by molar-refractivity contribution is 5.07. The van der Waals surface area contributed by atoms with Gasteiger partial charge in [-0.3, -0.25) is 0 Å². The number of unbranched alkanes of at least 4 members (excludes halogenated alkanes) is 1. The second-order valence-electron chi connectivity index (χ2n) is 34.0. The van der Waals surface area contributed by atoms with Crippen LogP contribution < -0.4 is 0 Å². The number of rotatable bonds is 42. The van der Waals surface area contributed by atoms with E-state index in [1.165, 1.54) is 46.3 Å². The van der Waals surface area contributed by atoms with E-state index in [0.29, 0.717) is 41.5 Å². The first kappa shape index (κ1) is 96.0. The Kier molecular flexibility index (Phi) is 54.1. The number of hydrogen-bond acceptors (Lipinski definition) is 8. The van der Waals surface area contributed by atoms with Crippen molar-refractivity contribution in [1.29, 1.82) is 0 Å². The van der Waals surface area contributed by atoms with Gasteiger partial charge in [0.05, 0.1) is 32.1 Å². The van der Waals surface area contributed by atoms with Crippen molar-refractivity contribution in [3.63, 3.8) is 0 Å². The lowest BCUT2D eigenvalue weighted by molar-refractivity contribution is 0.0379. The Labute approximate surface area is 564 Å². The lowest BCUT2D eigenvalue weighted by Gasteiger charge is -2.25. The van der Waals surface area contributed by atoms with Crippen molar-refractivity contribution in [1.82, 2.24) is 15.0 Å². The maximum atomic E-state index is 5.74. The molecule has 0 aliphatic heterocycles. The predicted octanol–water partition coefficient (Wildman–Crippen LogP) is 24.3. The molecule has 1 heterocycles. The summed E-state index contributed by atoms with van der Waals surface area (Å²) in [5, 5.41) is 8.49. The van der Waals surface area contributed by atoms with Gasteiger partial charge in [0.25, 0.3) is 0 Å². The molecule has 0 aliphatic carbocycles. The molecule has 0 N–H and O–H groups in total. The highest BCUT2D eigenvalue weighted by atomic mass is 16.5. The van der Waals surface area contributed by atoms with Gasteiger partial charge < -0.3 is 28.4 Å². The topological polar surface area (TPSA) is 86.1 Å². The molecular formula is C81H159N3O6. The van der Waals surface area contributed by atoms with Gasteiger partial charge >= 0.3 is 0 Å². The van der Waals surface area contributed by atoms with E-state index in [-0.39, 0.29) is 36.5 Å². The molecule has 0 unspecified atom stereocenters. The summed E-state index contributed by atoms with van der Waals surface area (Å²) in [5.41, 5.74) is 11.3. The summed E-state index contributed by atoms with van der Waals surface area (Å²) in [7, 11) is 0.